The number of nitrogens with one attached hydrogen (secondary N) is 1. The van der Waals surface area contributed by atoms with Crippen molar-refractivity contribution in [2.45, 2.75) is 0 Å². The largest absolute Gasteiger partial charge is 0.395 e. The van der Waals surface area contributed by atoms with Crippen LogP contribution in [0, 0.1) is 11.6 Å². The van der Waals surface area contributed by atoms with Gasteiger partial charge in [0.15, 0.2) is 5.82 Å². The number of nitrogen functional groups attached to an aromatic ring is 1. The summed E-state index contributed by atoms with van der Waals surface area (Å²) in [5.74, 6) is -1.53. The number of halogens is 4. The molecule has 2 nitrogen and oxygen atoms in total. The van der Waals surface area contributed by atoms with Crippen LogP contribution in [0.15, 0.2) is 34.8 Å². The van der Waals surface area contributed by atoms with Crippen molar-refractivity contribution in [1.29, 1.82) is 0 Å². The molecule has 6 heteroatoms. The molecule has 0 spiro atoms. The highest BCUT2D eigenvalue weighted by Gasteiger charge is 2.10. The van der Waals surface area contributed by atoms with E-state index in [1.54, 1.807) is 18.2 Å². The van der Waals surface area contributed by atoms with Crippen molar-refractivity contribution in [3.05, 3.63) is 51.5 Å². The Hall–Kier alpha value is -1.33. The quantitative estimate of drug-likeness (QED) is 0.781. The molecule has 0 aliphatic heterocycles. The minimum Gasteiger partial charge on any atom is -0.395 e. The van der Waals surface area contributed by atoms with Crippen LogP contribution >= 0.6 is 27.5 Å². The van der Waals surface area contributed by atoms with E-state index in [4.69, 9.17) is 17.3 Å². The average molecular weight is 334 g/mol. The molecule has 0 aromatic heterocycles. The van der Waals surface area contributed by atoms with Gasteiger partial charge in [0.25, 0.3) is 0 Å². The molecule has 0 bridgehead atoms. The van der Waals surface area contributed by atoms with Gasteiger partial charge < -0.3 is 11.1 Å². The first kappa shape index (κ1) is 13.1. The third-order valence-electron chi connectivity index (χ3n) is 2.29. The first-order chi connectivity index (χ1) is 8.47. The Morgan fingerprint density at radius 1 is 1.11 bits per heavy atom. The third kappa shape index (κ3) is 2.73. The second-order valence-electron chi connectivity index (χ2n) is 3.60. The highest BCUT2D eigenvalue weighted by Crippen LogP contribution is 2.32. The second-order valence-corrected chi connectivity index (χ2v) is 4.92. The molecule has 0 saturated heterocycles. The number of hydrogen-bond donors (Lipinski definition) is 2. The number of nitrogens with two attached hydrogens (primary N) is 1. The summed E-state index contributed by atoms with van der Waals surface area (Å²) in [7, 11) is 0. The van der Waals surface area contributed by atoms with Gasteiger partial charge in [0.1, 0.15) is 5.82 Å². The number of anilines is 3. The highest BCUT2D eigenvalue weighted by molar-refractivity contribution is 9.10. The molecule has 3 N–H and O–H groups in total. The molecule has 0 fully saturated rings. The van der Waals surface area contributed by atoms with E-state index < -0.39 is 11.6 Å². The van der Waals surface area contributed by atoms with Gasteiger partial charge in [0.05, 0.1) is 22.1 Å². The molecule has 0 amide bonds. The minimum absolute atomic E-state index is 0.132. The van der Waals surface area contributed by atoms with Crippen LogP contribution in [0.2, 0.25) is 5.02 Å². The molecule has 0 aliphatic rings. The van der Waals surface area contributed by atoms with Gasteiger partial charge >= 0.3 is 0 Å². The van der Waals surface area contributed by atoms with E-state index in [2.05, 4.69) is 21.2 Å². The molecule has 2 rings (SSSR count). The van der Waals surface area contributed by atoms with E-state index in [-0.39, 0.29) is 11.4 Å². The summed E-state index contributed by atoms with van der Waals surface area (Å²) in [6, 6.07) is 6.92. The monoisotopic (exact) mass is 332 g/mol. The average Bonchev–Trinajstić information content (AvgIpc) is 2.30. The fraction of sp³-hybridized carbons (Fsp3) is 0. The molecular weight excluding hydrogens is 325 g/mol. The SMILES string of the molecule is Nc1c(F)cc(F)cc1Nc1cc(Br)ccc1Cl. The normalized spacial score (nSPS) is 10.4. The lowest BCUT2D eigenvalue weighted by Gasteiger charge is -2.12. The summed E-state index contributed by atoms with van der Waals surface area (Å²) in [6.45, 7) is 0. The zero-order valence-corrected chi connectivity index (χ0v) is 11.3. The third-order valence-corrected chi connectivity index (χ3v) is 3.11. The van der Waals surface area contributed by atoms with Crippen LogP contribution in [-0.4, -0.2) is 0 Å². The topological polar surface area (TPSA) is 38.0 Å². The smallest absolute Gasteiger partial charge is 0.151 e. The molecular formula is C12H8BrClF2N2. The molecule has 0 saturated carbocycles. The van der Waals surface area contributed by atoms with Gasteiger partial charge in [-0.15, -0.1) is 0 Å². The van der Waals surface area contributed by atoms with Crippen LogP contribution in [0.4, 0.5) is 25.8 Å². The van der Waals surface area contributed by atoms with Crippen molar-refractivity contribution in [1.82, 2.24) is 0 Å². The van der Waals surface area contributed by atoms with E-state index >= 15 is 0 Å². The van der Waals surface area contributed by atoms with Crippen molar-refractivity contribution < 1.29 is 8.78 Å². The Kier molecular flexibility index (Phi) is 3.73. The molecule has 2 aromatic rings. The van der Waals surface area contributed by atoms with Crippen LogP contribution < -0.4 is 11.1 Å². The Morgan fingerprint density at radius 3 is 2.56 bits per heavy atom. The van der Waals surface area contributed by atoms with Gasteiger partial charge in [0, 0.05) is 10.5 Å². The fourth-order valence-electron chi connectivity index (χ4n) is 1.43. The van der Waals surface area contributed by atoms with Gasteiger partial charge in [-0.25, -0.2) is 8.78 Å². The molecule has 0 atom stereocenters. The summed E-state index contributed by atoms with van der Waals surface area (Å²) in [6.07, 6.45) is 0. The van der Waals surface area contributed by atoms with Gasteiger partial charge in [-0.05, 0) is 24.3 Å². The van der Waals surface area contributed by atoms with Crippen molar-refractivity contribution >= 4 is 44.6 Å². The standard InChI is InChI=1S/C12H8BrClF2N2/c13-6-1-2-8(14)10(3-6)18-11-5-7(15)4-9(16)12(11)17/h1-5,18H,17H2. The molecule has 2 aromatic carbocycles. The van der Waals surface area contributed by atoms with Crippen LogP contribution in [-0.2, 0) is 0 Å². The summed E-state index contributed by atoms with van der Waals surface area (Å²) >= 11 is 9.25. The molecule has 0 heterocycles. The van der Waals surface area contributed by atoms with Crippen molar-refractivity contribution in [3.8, 4) is 0 Å². The Balaban J connectivity index is 2.43. The van der Waals surface area contributed by atoms with E-state index in [1.807, 2.05) is 0 Å². The predicted octanol–water partition coefficient (Wildman–Crippen LogP) is 4.71. The summed E-state index contributed by atoms with van der Waals surface area (Å²) < 4.78 is 27.2. The van der Waals surface area contributed by atoms with E-state index in [9.17, 15) is 8.78 Å². The zero-order chi connectivity index (χ0) is 13.3. The lowest BCUT2D eigenvalue weighted by Crippen LogP contribution is -2.00. The number of benzene rings is 2. The Bertz CT molecular complexity index is 605. The second kappa shape index (κ2) is 5.12. The maximum absolute atomic E-state index is 13.3. The maximum Gasteiger partial charge on any atom is 0.151 e. The molecule has 0 aliphatic carbocycles. The minimum atomic E-state index is -0.816. The summed E-state index contributed by atoms with van der Waals surface area (Å²) in [5, 5.41) is 3.21. The molecule has 0 radical (unpaired) electrons. The summed E-state index contributed by atoms with van der Waals surface area (Å²) in [4.78, 5) is 0. The van der Waals surface area contributed by atoms with Gasteiger partial charge in [0.2, 0.25) is 0 Å². The molecule has 18 heavy (non-hydrogen) atoms. The van der Waals surface area contributed by atoms with E-state index in [0.717, 1.165) is 16.6 Å². The predicted molar refractivity (Wildman–Crippen MR) is 73.2 cm³/mol. The van der Waals surface area contributed by atoms with Crippen LogP contribution in [0.5, 0.6) is 0 Å². The number of hydrogen-bond acceptors (Lipinski definition) is 2. The molecule has 94 valence electrons. The lowest BCUT2D eigenvalue weighted by atomic mass is 10.2. The maximum atomic E-state index is 13.3. The lowest BCUT2D eigenvalue weighted by molar-refractivity contribution is 0.587. The van der Waals surface area contributed by atoms with Gasteiger partial charge in [-0.1, -0.05) is 27.5 Å². The van der Waals surface area contributed by atoms with E-state index in [0.29, 0.717) is 10.7 Å². The Morgan fingerprint density at radius 2 is 1.83 bits per heavy atom. The fourth-order valence-corrected chi connectivity index (χ4v) is 1.95. The highest BCUT2D eigenvalue weighted by atomic mass is 79.9. The molecule has 0 unspecified atom stereocenters. The van der Waals surface area contributed by atoms with Crippen LogP contribution in [0.3, 0.4) is 0 Å². The van der Waals surface area contributed by atoms with Crippen LogP contribution in [0.1, 0.15) is 0 Å². The van der Waals surface area contributed by atoms with Gasteiger partial charge in [-0.2, -0.15) is 0 Å². The van der Waals surface area contributed by atoms with Gasteiger partial charge in [-0.3, -0.25) is 0 Å². The number of rotatable bonds is 2. The zero-order valence-electron chi connectivity index (χ0n) is 8.98. The first-order valence-corrected chi connectivity index (χ1v) is 6.11. The van der Waals surface area contributed by atoms with E-state index in [1.165, 1.54) is 0 Å². The Labute approximate surface area is 116 Å². The summed E-state index contributed by atoms with van der Waals surface area (Å²) in [5.41, 5.74) is 6.00. The van der Waals surface area contributed by atoms with Crippen LogP contribution in [0.25, 0.3) is 0 Å². The van der Waals surface area contributed by atoms with Crippen molar-refractivity contribution in [2.24, 2.45) is 0 Å². The van der Waals surface area contributed by atoms with Crippen molar-refractivity contribution in [3.63, 3.8) is 0 Å². The first-order valence-electron chi connectivity index (χ1n) is 4.94. The van der Waals surface area contributed by atoms with Crippen molar-refractivity contribution in [2.75, 3.05) is 11.1 Å².